The smallest absolute Gasteiger partial charge is 0.281 e. The Kier molecular flexibility index (Phi) is 5.83. The van der Waals surface area contributed by atoms with Gasteiger partial charge in [0.05, 0.1) is 10.7 Å². The van der Waals surface area contributed by atoms with Gasteiger partial charge in [-0.2, -0.15) is 0 Å². The summed E-state index contributed by atoms with van der Waals surface area (Å²) in [6.45, 7) is 3.36. The largest absolute Gasteiger partial charge is 0.483 e. The second kappa shape index (κ2) is 8.46. The van der Waals surface area contributed by atoms with Crippen molar-refractivity contribution >= 4 is 23.2 Å². The molecule has 138 valence electrons. The van der Waals surface area contributed by atoms with Crippen molar-refractivity contribution in [3.63, 3.8) is 0 Å². The maximum atomic E-state index is 12.1. The molecular weight excluding hydrogens is 362 g/mol. The van der Waals surface area contributed by atoms with Crippen LogP contribution < -0.4 is 15.6 Å². The number of nitrogens with zero attached hydrogens (tertiary/aromatic N) is 1. The van der Waals surface area contributed by atoms with Crippen LogP contribution in [0.25, 0.3) is 11.1 Å². The Morgan fingerprint density at radius 3 is 2.41 bits per heavy atom. The van der Waals surface area contributed by atoms with Gasteiger partial charge in [0.1, 0.15) is 10.6 Å². The van der Waals surface area contributed by atoms with Crippen molar-refractivity contribution in [2.75, 3.05) is 6.61 Å². The van der Waals surface area contributed by atoms with E-state index in [4.69, 9.17) is 4.74 Å². The molecule has 0 radical (unpaired) electrons. The maximum absolute atomic E-state index is 12.1. The van der Waals surface area contributed by atoms with Crippen LogP contribution in [0, 0.1) is 13.8 Å². The molecule has 0 unspecified atom stereocenters. The van der Waals surface area contributed by atoms with Crippen molar-refractivity contribution in [1.29, 1.82) is 0 Å². The Bertz CT molecular complexity index is 954. The number of carbonyl (C=O) groups is 2. The lowest BCUT2D eigenvalue weighted by Gasteiger charge is -2.12. The Balaban J connectivity index is 1.57. The number of rotatable bonds is 5. The molecule has 0 fully saturated rings. The lowest BCUT2D eigenvalue weighted by Crippen LogP contribution is -2.43. The molecule has 0 saturated carbocycles. The third-order valence-corrected chi connectivity index (χ3v) is 4.83. The van der Waals surface area contributed by atoms with Gasteiger partial charge in [-0.05, 0) is 25.5 Å². The van der Waals surface area contributed by atoms with E-state index in [1.54, 1.807) is 13.0 Å². The molecule has 1 heterocycles. The van der Waals surface area contributed by atoms with E-state index < -0.39 is 11.8 Å². The molecule has 2 amide bonds. The molecule has 2 N–H and O–H groups in total. The van der Waals surface area contributed by atoms with Crippen molar-refractivity contribution in [3.05, 3.63) is 70.2 Å². The van der Waals surface area contributed by atoms with E-state index in [0.29, 0.717) is 16.3 Å². The third kappa shape index (κ3) is 4.71. The molecule has 2 aromatic carbocycles. The van der Waals surface area contributed by atoms with E-state index in [0.717, 1.165) is 16.1 Å². The lowest BCUT2D eigenvalue weighted by molar-refractivity contribution is -0.123. The minimum Gasteiger partial charge on any atom is -0.483 e. The maximum Gasteiger partial charge on any atom is 0.281 e. The number of hydrogen-bond donors (Lipinski definition) is 2. The van der Waals surface area contributed by atoms with E-state index in [-0.39, 0.29) is 6.61 Å². The predicted octanol–water partition coefficient (Wildman–Crippen LogP) is 3.27. The van der Waals surface area contributed by atoms with Gasteiger partial charge in [0.2, 0.25) is 0 Å². The van der Waals surface area contributed by atoms with Crippen molar-refractivity contribution in [3.8, 4) is 16.9 Å². The van der Waals surface area contributed by atoms with Crippen molar-refractivity contribution in [2.45, 2.75) is 13.8 Å². The van der Waals surface area contributed by atoms with Crippen molar-refractivity contribution in [2.24, 2.45) is 0 Å². The summed E-state index contributed by atoms with van der Waals surface area (Å²) in [5, 5.41) is 0.796. The predicted molar refractivity (Wildman–Crippen MR) is 105 cm³/mol. The fourth-order valence-electron chi connectivity index (χ4n) is 2.55. The monoisotopic (exact) mass is 381 g/mol. The Hall–Kier alpha value is -3.19. The number of amides is 2. The first-order chi connectivity index (χ1) is 13.0. The number of benzene rings is 2. The zero-order valence-electron chi connectivity index (χ0n) is 15.0. The molecule has 0 saturated heterocycles. The van der Waals surface area contributed by atoms with Crippen LogP contribution in [-0.4, -0.2) is 23.4 Å². The number of aromatic nitrogens is 1. The minimum atomic E-state index is -0.454. The molecule has 1 aromatic heterocycles. The molecule has 0 aliphatic rings. The summed E-state index contributed by atoms with van der Waals surface area (Å²) in [5.74, 6) is -0.250. The van der Waals surface area contributed by atoms with Crippen LogP contribution in [0.3, 0.4) is 0 Å². The highest BCUT2D eigenvalue weighted by Crippen LogP contribution is 2.29. The van der Waals surface area contributed by atoms with E-state index in [1.807, 2.05) is 55.5 Å². The summed E-state index contributed by atoms with van der Waals surface area (Å²) in [6, 6.07) is 17.3. The first kappa shape index (κ1) is 18.6. The topological polar surface area (TPSA) is 80.3 Å². The van der Waals surface area contributed by atoms with Crippen LogP contribution in [0.1, 0.15) is 20.4 Å². The number of carbonyl (C=O) groups excluding carboxylic acids is 2. The number of hydrogen-bond acceptors (Lipinski definition) is 5. The van der Waals surface area contributed by atoms with Gasteiger partial charge in [-0.15, -0.1) is 11.3 Å². The number of aryl methyl sites for hydroxylation is 2. The standard InChI is InChI=1S/C20H19N3O3S/c1-13-19(27-14(2)21-13)20(25)23-22-18(24)12-26-17-11-7-6-10-16(17)15-8-4-3-5-9-15/h3-11H,12H2,1-2H3,(H,22,24)(H,23,25). The number of para-hydroxylation sites is 1. The first-order valence-electron chi connectivity index (χ1n) is 8.35. The van der Waals surface area contributed by atoms with Crippen molar-refractivity contribution < 1.29 is 14.3 Å². The summed E-state index contributed by atoms with van der Waals surface area (Å²) in [6.07, 6.45) is 0. The van der Waals surface area contributed by atoms with Crippen LogP contribution >= 0.6 is 11.3 Å². The van der Waals surface area contributed by atoms with Gasteiger partial charge in [-0.25, -0.2) is 4.98 Å². The van der Waals surface area contributed by atoms with Crippen molar-refractivity contribution in [1.82, 2.24) is 15.8 Å². The summed E-state index contributed by atoms with van der Waals surface area (Å²) in [4.78, 5) is 28.8. The lowest BCUT2D eigenvalue weighted by atomic mass is 10.1. The first-order valence-corrected chi connectivity index (χ1v) is 9.16. The van der Waals surface area contributed by atoms with Gasteiger partial charge in [0.25, 0.3) is 11.8 Å². The quantitative estimate of drug-likeness (QED) is 0.665. The highest BCUT2D eigenvalue weighted by molar-refractivity contribution is 7.13. The molecule has 0 aliphatic heterocycles. The zero-order valence-corrected chi connectivity index (χ0v) is 15.8. The van der Waals surface area contributed by atoms with Crippen LogP contribution in [0.15, 0.2) is 54.6 Å². The molecule has 3 aromatic rings. The summed E-state index contributed by atoms with van der Waals surface area (Å²) < 4.78 is 5.65. The SMILES string of the molecule is Cc1nc(C)c(C(=O)NNC(=O)COc2ccccc2-c2ccccc2)s1. The van der Waals surface area contributed by atoms with E-state index in [2.05, 4.69) is 15.8 Å². The molecule has 0 atom stereocenters. The molecular formula is C20H19N3O3S. The van der Waals surface area contributed by atoms with Crippen LogP contribution in [0.5, 0.6) is 5.75 Å². The molecule has 0 spiro atoms. The number of thiazole rings is 1. The third-order valence-electron chi connectivity index (χ3n) is 3.76. The Morgan fingerprint density at radius 1 is 1.00 bits per heavy atom. The van der Waals surface area contributed by atoms with Crippen LogP contribution in [0.4, 0.5) is 0 Å². The van der Waals surface area contributed by atoms with E-state index >= 15 is 0 Å². The van der Waals surface area contributed by atoms with Gasteiger partial charge in [-0.3, -0.25) is 20.4 Å². The molecule has 0 aliphatic carbocycles. The van der Waals surface area contributed by atoms with E-state index in [9.17, 15) is 9.59 Å². The normalized spacial score (nSPS) is 10.3. The minimum absolute atomic E-state index is 0.217. The Morgan fingerprint density at radius 2 is 1.70 bits per heavy atom. The van der Waals surface area contributed by atoms with E-state index in [1.165, 1.54) is 11.3 Å². The Labute approximate surface area is 161 Å². The van der Waals surface area contributed by atoms with Crippen LogP contribution in [0.2, 0.25) is 0 Å². The van der Waals surface area contributed by atoms with Gasteiger partial charge < -0.3 is 4.74 Å². The second-order valence-corrected chi connectivity index (χ2v) is 7.00. The fourth-order valence-corrected chi connectivity index (χ4v) is 3.37. The summed E-state index contributed by atoms with van der Waals surface area (Å²) >= 11 is 1.28. The summed E-state index contributed by atoms with van der Waals surface area (Å²) in [7, 11) is 0. The van der Waals surface area contributed by atoms with Gasteiger partial charge >= 0.3 is 0 Å². The van der Waals surface area contributed by atoms with Crippen LogP contribution in [-0.2, 0) is 4.79 Å². The number of hydrazine groups is 1. The van der Waals surface area contributed by atoms with Gasteiger partial charge in [0.15, 0.2) is 6.61 Å². The molecule has 7 heteroatoms. The highest BCUT2D eigenvalue weighted by Gasteiger charge is 2.15. The highest BCUT2D eigenvalue weighted by atomic mass is 32.1. The second-order valence-electron chi connectivity index (χ2n) is 5.80. The average Bonchev–Trinajstić information content (AvgIpc) is 3.03. The number of nitrogens with one attached hydrogen (secondary N) is 2. The number of ether oxygens (including phenoxy) is 1. The average molecular weight is 381 g/mol. The molecule has 6 nitrogen and oxygen atoms in total. The zero-order chi connectivity index (χ0) is 19.2. The fraction of sp³-hybridized carbons (Fsp3) is 0.150. The summed E-state index contributed by atoms with van der Waals surface area (Å²) in [5.41, 5.74) is 7.28. The van der Waals surface area contributed by atoms with Gasteiger partial charge in [-0.1, -0.05) is 48.5 Å². The molecule has 27 heavy (non-hydrogen) atoms. The molecule has 3 rings (SSSR count). The molecule has 0 bridgehead atoms. The van der Waals surface area contributed by atoms with Gasteiger partial charge in [0, 0.05) is 5.56 Å².